The average molecular weight is 229 g/mol. The molecule has 1 heterocycles. The zero-order valence-electron chi connectivity index (χ0n) is 9.57. The van der Waals surface area contributed by atoms with Crippen molar-refractivity contribution in [3.8, 4) is 0 Å². The number of nitrogens with zero attached hydrogens (tertiary/aromatic N) is 1. The molecule has 6 nitrogen and oxygen atoms in total. The minimum absolute atomic E-state index is 0.131. The minimum Gasteiger partial charge on any atom is -0.356 e. The van der Waals surface area contributed by atoms with Gasteiger partial charge in [-0.15, -0.1) is 0 Å². The molecule has 92 valence electrons. The van der Waals surface area contributed by atoms with Gasteiger partial charge in [-0.3, -0.25) is 9.59 Å². The van der Waals surface area contributed by atoms with E-state index in [0.717, 1.165) is 19.4 Å². The molecule has 1 amide bonds. The fourth-order valence-electron chi connectivity index (χ4n) is 2.01. The molecule has 0 radical (unpaired) electrons. The summed E-state index contributed by atoms with van der Waals surface area (Å²) in [5.74, 6) is 4.96. The number of nitrogens with one attached hydrogen (secondary N) is 1. The van der Waals surface area contributed by atoms with Crippen molar-refractivity contribution in [2.75, 3.05) is 13.1 Å². The Morgan fingerprint density at radius 3 is 3.06 bits per heavy atom. The van der Waals surface area contributed by atoms with E-state index < -0.39 is 5.97 Å². The predicted molar refractivity (Wildman–Crippen MR) is 57.6 cm³/mol. The van der Waals surface area contributed by atoms with Gasteiger partial charge in [0.2, 0.25) is 5.91 Å². The molecular formula is C10H19N3O3. The van der Waals surface area contributed by atoms with E-state index in [0.29, 0.717) is 18.9 Å². The summed E-state index contributed by atoms with van der Waals surface area (Å²) in [5.41, 5.74) is 1.83. The third-order valence-electron chi connectivity index (χ3n) is 2.75. The van der Waals surface area contributed by atoms with Crippen LogP contribution in [0.25, 0.3) is 0 Å². The van der Waals surface area contributed by atoms with Gasteiger partial charge in [-0.1, -0.05) is 18.9 Å². The van der Waals surface area contributed by atoms with Gasteiger partial charge < -0.3 is 9.74 Å². The molecule has 0 spiro atoms. The van der Waals surface area contributed by atoms with Crippen LogP contribution in [0, 0.1) is 5.92 Å². The Morgan fingerprint density at radius 1 is 1.69 bits per heavy atom. The molecule has 0 aliphatic carbocycles. The number of carbonyl (C=O) groups excluding carboxylic acids is 2. The van der Waals surface area contributed by atoms with Crippen molar-refractivity contribution in [1.82, 2.24) is 10.5 Å². The normalized spacial score (nSPS) is 20.2. The molecule has 0 aromatic rings. The smallest absolute Gasteiger partial charge is 0.328 e. The largest absolute Gasteiger partial charge is 0.356 e. The predicted octanol–water partition coefficient (Wildman–Crippen LogP) is -0.0534. The summed E-state index contributed by atoms with van der Waals surface area (Å²) >= 11 is 0. The van der Waals surface area contributed by atoms with Crippen LogP contribution in [-0.2, 0) is 14.4 Å². The first-order valence-electron chi connectivity index (χ1n) is 5.60. The molecule has 0 aromatic carbocycles. The van der Waals surface area contributed by atoms with Crippen molar-refractivity contribution < 1.29 is 14.4 Å². The van der Waals surface area contributed by atoms with Crippen molar-refractivity contribution in [1.29, 1.82) is 0 Å². The summed E-state index contributed by atoms with van der Waals surface area (Å²) in [6.07, 6.45) is 2.94. The Labute approximate surface area is 95.0 Å². The van der Waals surface area contributed by atoms with E-state index in [4.69, 9.17) is 5.84 Å². The van der Waals surface area contributed by atoms with Crippen molar-refractivity contribution in [2.45, 2.75) is 32.6 Å². The van der Waals surface area contributed by atoms with Gasteiger partial charge in [-0.05, 0) is 12.3 Å². The van der Waals surface area contributed by atoms with Crippen LogP contribution < -0.4 is 11.4 Å². The number of hydrogen-bond donors (Lipinski definition) is 2. The van der Waals surface area contributed by atoms with E-state index in [2.05, 4.69) is 11.8 Å². The topological polar surface area (TPSA) is 84.7 Å². The average Bonchev–Trinajstić information content (AvgIpc) is 2.57. The van der Waals surface area contributed by atoms with E-state index >= 15 is 0 Å². The number of rotatable bonds is 6. The number of hydrazine groups is 1. The van der Waals surface area contributed by atoms with Crippen LogP contribution >= 0.6 is 0 Å². The Balaban J connectivity index is 2.27. The molecule has 1 rings (SSSR count). The maximum atomic E-state index is 11.6. The van der Waals surface area contributed by atoms with E-state index in [1.54, 1.807) is 4.90 Å². The summed E-state index contributed by atoms with van der Waals surface area (Å²) in [4.78, 5) is 28.7. The van der Waals surface area contributed by atoms with Gasteiger partial charge in [-0.2, -0.15) is 0 Å². The fraction of sp³-hybridized carbons (Fsp3) is 0.800. The maximum absolute atomic E-state index is 11.6. The van der Waals surface area contributed by atoms with Gasteiger partial charge >= 0.3 is 5.97 Å². The number of nitrogens with two attached hydrogens (primary N) is 1. The van der Waals surface area contributed by atoms with E-state index in [1.165, 1.54) is 0 Å². The first-order valence-corrected chi connectivity index (χ1v) is 5.60. The van der Waals surface area contributed by atoms with Crippen molar-refractivity contribution in [3.63, 3.8) is 0 Å². The summed E-state index contributed by atoms with van der Waals surface area (Å²) in [6.45, 7) is 3.28. The highest BCUT2D eigenvalue weighted by molar-refractivity contribution is 5.79. The number of amides is 1. The lowest BCUT2D eigenvalue weighted by Gasteiger charge is -2.15. The van der Waals surface area contributed by atoms with Crippen LogP contribution in [0.15, 0.2) is 0 Å². The lowest BCUT2D eigenvalue weighted by Crippen LogP contribution is -2.31. The standard InChI is InChI=1S/C10H19N3O3/c1-2-3-8-6-9(14)13(7-8)5-4-10(15)16-12-11/h8,12H,2-7,11H2,1H3. The van der Waals surface area contributed by atoms with Gasteiger partial charge in [0.25, 0.3) is 0 Å². The lowest BCUT2D eigenvalue weighted by atomic mass is 10.0. The molecule has 1 fully saturated rings. The van der Waals surface area contributed by atoms with Gasteiger partial charge in [0.15, 0.2) is 0 Å². The second-order valence-corrected chi connectivity index (χ2v) is 4.04. The minimum atomic E-state index is -0.450. The zero-order chi connectivity index (χ0) is 12.0. The van der Waals surface area contributed by atoms with Crippen LogP contribution in [0.4, 0.5) is 0 Å². The van der Waals surface area contributed by atoms with Crippen LogP contribution in [0.1, 0.15) is 32.6 Å². The summed E-state index contributed by atoms with van der Waals surface area (Å²) < 4.78 is 0. The van der Waals surface area contributed by atoms with Gasteiger partial charge in [0, 0.05) is 19.5 Å². The Kier molecular flexibility index (Phi) is 5.21. The van der Waals surface area contributed by atoms with Gasteiger partial charge in [0.05, 0.1) is 6.42 Å². The summed E-state index contributed by atoms with van der Waals surface area (Å²) in [7, 11) is 0. The molecule has 0 bridgehead atoms. The van der Waals surface area contributed by atoms with Crippen LogP contribution in [0.3, 0.4) is 0 Å². The van der Waals surface area contributed by atoms with Crippen LogP contribution in [0.5, 0.6) is 0 Å². The molecule has 1 unspecified atom stereocenters. The highest BCUT2D eigenvalue weighted by Gasteiger charge is 2.28. The number of carbonyl (C=O) groups is 2. The maximum Gasteiger partial charge on any atom is 0.328 e. The third kappa shape index (κ3) is 3.79. The second-order valence-electron chi connectivity index (χ2n) is 4.04. The molecule has 6 heteroatoms. The van der Waals surface area contributed by atoms with E-state index in [1.807, 2.05) is 5.59 Å². The number of likely N-dealkylation sites (tertiary alicyclic amines) is 1. The molecule has 0 saturated carbocycles. The third-order valence-corrected chi connectivity index (χ3v) is 2.75. The number of hydrogen-bond acceptors (Lipinski definition) is 5. The first-order chi connectivity index (χ1) is 7.67. The monoisotopic (exact) mass is 229 g/mol. The molecule has 1 aliphatic heterocycles. The molecule has 16 heavy (non-hydrogen) atoms. The first kappa shape index (κ1) is 12.9. The molecular weight excluding hydrogens is 210 g/mol. The van der Waals surface area contributed by atoms with E-state index in [9.17, 15) is 9.59 Å². The molecule has 0 aromatic heterocycles. The van der Waals surface area contributed by atoms with Gasteiger partial charge in [0.1, 0.15) is 0 Å². The highest BCUT2D eigenvalue weighted by atomic mass is 16.7. The second kappa shape index (κ2) is 6.44. The van der Waals surface area contributed by atoms with Crippen molar-refractivity contribution >= 4 is 11.9 Å². The summed E-state index contributed by atoms with van der Waals surface area (Å²) in [6, 6.07) is 0. The SMILES string of the molecule is CCCC1CC(=O)N(CCC(=O)ONN)C1. The molecule has 1 aliphatic rings. The van der Waals surface area contributed by atoms with Crippen LogP contribution in [0.2, 0.25) is 0 Å². The Morgan fingerprint density at radius 2 is 2.44 bits per heavy atom. The Bertz CT molecular complexity index is 258. The van der Waals surface area contributed by atoms with Crippen LogP contribution in [-0.4, -0.2) is 29.9 Å². The van der Waals surface area contributed by atoms with E-state index in [-0.39, 0.29) is 12.3 Å². The summed E-state index contributed by atoms with van der Waals surface area (Å²) in [5, 5.41) is 0. The quantitative estimate of drug-likeness (QED) is 0.492. The Hall–Kier alpha value is -1.14. The van der Waals surface area contributed by atoms with Crippen molar-refractivity contribution in [2.24, 2.45) is 11.8 Å². The molecule has 1 atom stereocenters. The van der Waals surface area contributed by atoms with Gasteiger partial charge in [-0.25, -0.2) is 5.84 Å². The molecule has 3 N–H and O–H groups in total. The lowest BCUT2D eigenvalue weighted by molar-refractivity contribution is -0.151. The molecule has 1 saturated heterocycles. The van der Waals surface area contributed by atoms with Crippen molar-refractivity contribution in [3.05, 3.63) is 0 Å². The highest BCUT2D eigenvalue weighted by Crippen LogP contribution is 2.22. The fourth-order valence-corrected chi connectivity index (χ4v) is 2.01. The zero-order valence-corrected chi connectivity index (χ0v) is 9.57.